The lowest BCUT2D eigenvalue weighted by atomic mass is 10.0. The maximum atomic E-state index is 10.9. The van der Waals surface area contributed by atoms with Crippen LogP contribution in [0.1, 0.15) is 36.7 Å². The molecular weight excluding hydrogens is 288 g/mol. The van der Waals surface area contributed by atoms with E-state index in [-0.39, 0.29) is 11.1 Å². The van der Waals surface area contributed by atoms with Crippen molar-refractivity contribution in [3.8, 4) is 0 Å². The van der Waals surface area contributed by atoms with E-state index in [4.69, 9.17) is 16.7 Å². The molecule has 1 aliphatic rings. The van der Waals surface area contributed by atoms with Crippen LogP contribution in [0.3, 0.4) is 0 Å². The van der Waals surface area contributed by atoms with Crippen LogP contribution >= 0.6 is 11.6 Å². The molecule has 1 aromatic rings. The molecule has 1 saturated heterocycles. The minimum Gasteiger partial charge on any atom is -0.478 e. The van der Waals surface area contributed by atoms with E-state index in [1.165, 1.54) is 6.07 Å². The Hall–Kier alpha value is -1.10. The van der Waals surface area contributed by atoms with E-state index in [2.05, 4.69) is 30.6 Å². The van der Waals surface area contributed by atoms with Crippen LogP contribution in [-0.4, -0.2) is 52.6 Å². The highest BCUT2D eigenvalue weighted by atomic mass is 35.5. The number of hydrogen-bond acceptors (Lipinski definition) is 3. The van der Waals surface area contributed by atoms with Crippen LogP contribution in [-0.2, 0) is 6.54 Å². The van der Waals surface area contributed by atoms with Crippen LogP contribution in [0, 0.1) is 0 Å². The molecule has 0 aromatic heterocycles. The second-order valence-electron chi connectivity index (χ2n) is 6.55. The van der Waals surface area contributed by atoms with Gasteiger partial charge in [0.25, 0.3) is 0 Å². The molecule has 4 nitrogen and oxygen atoms in total. The Morgan fingerprint density at radius 3 is 2.33 bits per heavy atom. The molecule has 0 unspecified atom stereocenters. The quantitative estimate of drug-likeness (QED) is 0.932. The van der Waals surface area contributed by atoms with Crippen molar-refractivity contribution in [2.24, 2.45) is 0 Å². The van der Waals surface area contributed by atoms with Gasteiger partial charge in [-0.3, -0.25) is 9.80 Å². The molecule has 0 amide bonds. The van der Waals surface area contributed by atoms with Crippen molar-refractivity contribution >= 4 is 17.6 Å². The van der Waals surface area contributed by atoms with Crippen molar-refractivity contribution in [1.82, 2.24) is 9.80 Å². The Balaban J connectivity index is 1.96. The van der Waals surface area contributed by atoms with Gasteiger partial charge < -0.3 is 5.11 Å². The molecule has 0 atom stereocenters. The van der Waals surface area contributed by atoms with E-state index in [0.717, 1.165) is 38.3 Å². The van der Waals surface area contributed by atoms with Crippen molar-refractivity contribution in [2.45, 2.75) is 32.9 Å². The molecule has 5 heteroatoms. The molecule has 2 rings (SSSR count). The second-order valence-corrected chi connectivity index (χ2v) is 6.95. The standard InChI is InChI=1S/C16H23ClN2O2/c1-16(2,3)19-8-6-18(7-9-19)11-13-5-4-12(15(20)21)10-14(13)17/h4-5,10H,6-9,11H2,1-3H3,(H,20,21). The van der Waals surface area contributed by atoms with Crippen LogP contribution in [0.5, 0.6) is 0 Å². The van der Waals surface area contributed by atoms with Gasteiger partial charge in [0.15, 0.2) is 0 Å². The summed E-state index contributed by atoms with van der Waals surface area (Å²) < 4.78 is 0. The Labute approximate surface area is 131 Å². The van der Waals surface area contributed by atoms with Gasteiger partial charge in [-0.1, -0.05) is 17.7 Å². The lowest BCUT2D eigenvalue weighted by Crippen LogP contribution is -2.53. The molecule has 0 spiro atoms. The summed E-state index contributed by atoms with van der Waals surface area (Å²) in [6.07, 6.45) is 0. The molecule has 1 aliphatic heterocycles. The molecule has 0 aliphatic carbocycles. The molecule has 116 valence electrons. The summed E-state index contributed by atoms with van der Waals surface area (Å²) in [5.41, 5.74) is 1.44. The first-order chi connectivity index (χ1) is 9.77. The maximum absolute atomic E-state index is 10.9. The predicted octanol–water partition coefficient (Wildman–Crippen LogP) is 2.95. The maximum Gasteiger partial charge on any atom is 0.335 e. The van der Waals surface area contributed by atoms with Crippen molar-refractivity contribution in [1.29, 1.82) is 0 Å². The highest BCUT2D eigenvalue weighted by Crippen LogP contribution is 2.22. The van der Waals surface area contributed by atoms with E-state index < -0.39 is 5.97 Å². The highest BCUT2D eigenvalue weighted by molar-refractivity contribution is 6.31. The fourth-order valence-corrected chi connectivity index (χ4v) is 2.87. The Bertz CT molecular complexity index is 517. The van der Waals surface area contributed by atoms with E-state index in [0.29, 0.717) is 5.02 Å². The first-order valence-corrected chi connectivity index (χ1v) is 7.64. The normalized spacial score (nSPS) is 17.9. The summed E-state index contributed by atoms with van der Waals surface area (Å²) >= 11 is 6.19. The number of piperazine rings is 1. The average molecular weight is 311 g/mol. The smallest absolute Gasteiger partial charge is 0.335 e. The van der Waals surface area contributed by atoms with Gasteiger partial charge in [0, 0.05) is 43.3 Å². The third kappa shape index (κ3) is 4.19. The van der Waals surface area contributed by atoms with Crippen molar-refractivity contribution < 1.29 is 9.90 Å². The van der Waals surface area contributed by atoms with Crippen molar-refractivity contribution in [3.05, 3.63) is 34.3 Å². The first kappa shape index (κ1) is 16.3. The minimum atomic E-state index is -0.942. The first-order valence-electron chi connectivity index (χ1n) is 7.26. The van der Waals surface area contributed by atoms with Gasteiger partial charge in [0.05, 0.1) is 5.56 Å². The third-order valence-electron chi connectivity index (χ3n) is 4.01. The molecule has 21 heavy (non-hydrogen) atoms. The summed E-state index contributed by atoms with van der Waals surface area (Å²) in [6, 6.07) is 4.97. The molecule has 0 saturated carbocycles. The number of benzene rings is 1. The fourth-order valence-electron chi connectivity index (χ4n) is 2.63. The highest BCUT2D eigenvalue weighted by Gasteiger charge is 2.25. The van der Waals surface area contributed by atoms with Crippen LogP contribution in [0.2, 0.25) is 5.02 Å². The largest absolute Gasteiger partial charge is 0.478 e. The fraction of sp³-hybridized carbons (Fsp3) is 0.562. The molecule has 1 aromatic carbocycles. The van der Waals surface area contributed by atoms with E-state index in [1.54, 1.807) is 6.07 Å². The molecule has 1 fully saturated rings. The number of carboxylic acids is 1. The van der Waals surface area contributed by atoms with Gasteiger partial charge in [-0.05, 0) is 38.5 Å². The number of carboxylic acid groups (broad SMARTS) is 1. The molecular formula is C16H23ClN2O2. The SMILES string of the molecule is CC(C)(C)N1CCN(Cc2ccc(C(=O)O)cc2Cl)CC1. The van der Waals surface area contributed by atoms with Gasteiger partial charge in [-0.25, -0.2) is 4.79 Å². The van der Waals surface area contributed by atoms with E-state index >= 15 is 0 Å². The zero-order chi connectivity index (χ0) is 15.6. The van der Waals surface area contributed by atoms with Crippen molar-refractivity contribution in [2.75, 3.05) is 26.2 Å². The third-order valence-corrected chi connectivity index (χ3v) is 4.37. The van der Waals surface area contributed by atoms with Gasteiger partial charge in [0.1, 0.15) is 0 Å². The summed E-state index contributed by atoms with van der Waals surface area (Å²) in [6.45, 7) is 11.6. The minimum absolute atomic E-state index is 0.215. The average Bonchev–Trinajstić information content (AvgIpc) is 2.40. The van der Waals surface area contributed by atoms with E-state index in [1.807, 2.05) is 6.07 Å². The van der Waals surface area contributed by atoms with Gasteiger partial charge >= 0.3 is 5.97 Å². The number of hydrogen-bond donors (Lipinski definition) is 1. The Kier molecular flexibility index (Phi) is 4.91. The van der Waals surface area contributed by atoms with Crippen LogP contribution in [0.25, 0.3) is 0 Å². The summed E-state index contributed by atoms with van der Waals surface area (Å²) in [5.74, 6) is -0.942. The van der Waals surface area contributed by atoms with Crippen molar-refractivity contribution in [3.63, 3.8) is 0 Å². The number of carbonyl (C=O) groups is 1. The molecule has 0 radical (unpaired) electrons. The van der Waals surface area contributed by atoms with Gasteiger partial charge in [-0.15, -0.1) is 0 Å². The lowest BCUT2D eigenvalue weighted by Gasteiger charge is -2.42. The number of rotatable bonds is 3. The lowest BCUT2D eigenvalue weighted by molar-refractivity contribution is 0.0591. The van der Waals surface area contributed by atoms with Gasteiger partial charge in [0.2, 0.25) is 0 Å². The molecule has 0 bridgehead atoms. The number of halogens is 1. The summed E-state index contributed by atoms with van der Waals surface area (Å²) in [7, 11) is 0. The summed E-state index contributed by atoms with van der Waals surface area (Å²) in [4.78, 5) is 15.8. The molecule has 1 heterocycles. The monoisotopic (exact) mass is 310 g/mol. The zero-order valence-electron chi connectivity index (χ0n) is 12.9. The predicted molar refractivity (Wildman–Crippen MR) is 85.0 cm³/mol. The van der Waals surface area contributed by atoms with E-state index in [9.17, 15) is 4.79 Å². The van der Waals surface area contributed by atoms with Crippen LogP contribution in [0.4, 0.5) is 0 Å². The van der Waals surface area contributed by atoms with Gasteiger partial charge in [-0.2, -0.15) is 0 Å². The van der Waals surface area contributed by atoms with Crippen LogP contribution < -0.4 is 0 Å². The topological polar surface area (TPSA) is 43.8 Å². The molecule has 1 N–H and O–H groups in total. The van der Waals surface area contributed by atoms with Crippen LogP contribution in [0.15, 0.2) is 18.2 Å². The Morgan fingerprint density at radius 2 is 1.86 bits per heavy atom. The Morgan fingerprint density at radius 1 is 1.24 bits per heavy atom. The summed E-state index contributed by atoms with van der Waals surface area (Å²) in [5, 5.41) is 9.49. The number of aromatic carboxylic acids is 1. The number of nitrogens with zero attached hydrogens (tertiary/aromatic N) is 2. The second kappa shape index (κ2) is 6.34. The zero-order valence-corrected chi connectivity index (χ0v) is 13.7.